The molecule has 0 heterocycles. The normalized spacial score (nSPS) is 12.5. The number of rotatable bonds is 3. The van der Waals surface area contributed by atoms with Gasteiger partial charge in [0, 0.05) is 11.0 Å². The van der Waals surface area contributed by atoms with Crippen LogP contribution < -0.4 is 0 Å². The molecule has 0 aromatic heterocycles. The van der Waals surface area contributed by atoms with Crippen molar-refractivity contribution in [3.05, 3.63) is 41.3 Å². The Balaban J connectivity index is 3.17. The number of aliphatic carboxylic acids is 1. The summed E-state index contributed by atoms with van der Waals surface area (Å²) in [5.74, 6) is -1.24. The van der Waals surface area contributed by atoms with E-state index in [0.29, 0.717) is 0 Å². The Bertz CT molecular complexity index is 485. The Morgan fingerprint density at radius 2 is 1.80 bits per heavy atom. The summed E-state index contributed by atoms with van der Waals surface area (Å²) in [5.41, 5.74) is -0.209. The van der Waals surface area contributed by atoms with E-state index in [9.17, 15) is 13.2 Å². The van der Waals surface area contributed by atoms with Crippen LogP contribution in [0.1, 0.15) is 6.92 Å². The molecule has 0 unspecified atom stereocenters. The summed E-state index contributed by atoms with van der Waals surface area (Å²) >= 11 is 0. The second kappa shape index (κ2) is 4.27. The minimum absolute atomic E-state index is 0.0885. The molecule has 0 fully saturated rings. The van der Waals surface area contributed by atoms with Gasteiger partial charge in [-0.2, -0.15) is 0 Å². The topological polar surface area (TPSA) is 71.4 Å². The van der Waals surface area contributed by atoms with Gasteiger partial charge in [-0.15, -0.1) is 0 Å². The lowest BCUT2D eigenvalue weighted by Gasteiger charge is -1.98. The molecule has 0 aliphatic heterocycles. The largest absolute Gasteiger partial charge is 0.478 e. The SMILES string of the molecule is C/C(=C\S(=O)(=O)c1ccccc1)C(=O)O. The highest BCUT2D eigenvalue weighted by molar-refractivity contribution is 7.94. The van der Waals surface area contributed by atoms with Gasteiger partial charge in [0.1, 0.15) is 0 Å². The second-order valence-electron chi connectivity index (χ2n) is 2.96. The standard InChI is InChI=1S/C10H10O4S/c1-8(10(11)12)7-15(13,14)9-5-3-2-4-6-9/h2-7H,1H3,(H,11,12)/b8-7+. The summed E-state index contributed by atoms with van der Waals surface area (Å²) in [5, 5.41) is 9.31. The Kier molecular flexibility index (Phi) is 3.26. The zero-order valence-electron chi connectivity index (χ0n) is 8.04. The van der Waals surface area contributed by atoms with Gasteiger partial charge >= 0.3 is 5.97 Å². The lowest BCUT2D eigenvalue weighted by Crippen LogP contribution is -2.02. The van der Waals surface area contributed by atoms with Crippen LogP contribution in [-0.2, 0) is 14.6 Å². The highest BCUT2D eigenvalue weighted by Crippen LogP contribution is 2.13. The van der Waals surface area contributed by atoms with E-state index in [1.165, 1.54) is 19.1 Å². The third-order valence-corrected chi connectivity index (χ3v) is 3.33. The first-order chi connectivity index (χ1) is 6.93. The van der Waals surface area contributed by atoms with E-state index in [4.69, 9.17) is 5.11 Å². The molecule has 1 N–H and O–H groups in total. The van der Waals surface area contributed by atoms with Gasteiger partial charge in [0.25, 0.3) is 0 Å². The van der Waals surface area contributed by atoms with E-state index in [-0.39, 0.29) is 10.5 Å². The van der Waals surface area contributed by atoms with Crippen LogP contribution in [0.15, 0.2) is 46.2 Å². The molecule has 0 aliphatic carbocycles. The Hall–Kier alpha value is -1.62. The fraction of sp³-hybridized carbons (Fsp3) is 0.100. The molecule has 0 aliphatic rings. The van der Waals surface area contributed by atoms with Crippen LogP contribution in [-0.4, -0.2) is 19.5 Å². The molecule has 0 atom stereocenters. The van der Waals surface area contributed by atoms with E-state index in [2.05, 4.69) is 0 Å². The Morgan fingerprint density at radius 1 is 1.27 bits per heavy atom. The van der Waals surface area contributed by atoms with Crippen molar-refractivity contribution >= 4 is 15.8 Å². The molecule has 80 valence electrons. The molecule has 0 saturated carbocycles. The van der Waals surface area contributed by atoms with Crippen molar-refractivity contribution in [2.45, 2.75) is 11.8 Å². The van der Waals surface area contributed by atoms with Crippen LogP contribution >= 0.6 is 0 Å². The van der Waals surface area contributed by atoms with Crippen molar-refractivity contribution in [1.29, 1.82) is 0 Å². The molecule has 0 saturated heterocycles. The number of hydrogen-bond donors (Lipinski definition) is 1. The van der Waals surface area contributed by atoms with E-state index in [0.717, 1.165) is 5.41 Å². The lowest BCUT2D eigenvalue weighted by atomic mass is 10.4. The highest BCUT2D eigenvalue weighted by Gasteiger charge is 2.12. The summed E-state index contributed by atoms with van der Waals surface area (Å²) in [4.78, 5) is 10.6. The molecule has 15 heavy (non-hydrogen) atoms. The van der Waals surface area contributed by atoms with E-state index in [1.807, 2.05) is 0 Å². The first kappa shape index (κ1) is 11.5. The molecular weight excluding hydrogens is 216 g/mol. The molecule has 1 aromatic rings. The molecule has 4 nitrogen and oxygen atoms in total. The van der Waals surface area contributed by atoms with Gasteiger partial charge in [0.05, 0.1) is 4.90 Å². The molecule has 0 radical (unpaired) electrons. The van der Waals surface area contributed by atoms with E-state index < -0.39 is 15.8 Å². The number of hydrogen-bond acceptors (Lipinski definition) is 3. The predicted molar refractivity (Wildman–Crippen MR) is 55.0 cm³/mol. The van der Waals surface area contributed by atoms with Gasteiger partial charge in [0.15, 0.2) is 9.84 Å². The third-order valence-electron chi connectivity index (χ3n) is 1.74. The minimum Gasteiger partial charge on any atom is -0.478 e. The van der Waals surface area contributed by atoms with Gasteiger partial charge in [0.2, 0.25) is 0 Å². The molecule has 1 rings (SSSR count). The highest BCUT2D eigenvalue weighted by atomic mass is 32.2. The van der Waals surface area contributed by atoms with Crippen LogP contribution in [0.25, 0.3) is 0 Å². The van der Waals surface area contributed by atoms with Crippen molar-refractivity contribution in [3.63, 3.8) is 0 Å². The Morgan fingerprint density at radius 3 is 2.27 bits per heavy atom. The first-order valence-corrected chi connectivity index (χ1v) is 5.70. The fourth-order valence-electron chi connectivity index (χ4n) is 0.961. The summed E-state index contributed by atoms with van der Waals surface area (Å²) in [7, 11) is -3.65. The minimum atomic E-state index is -3.65. The Labute approximate surface area is 87.8 Å². The quantitative estimate of drug-likeness (QED) is 0.792. The number of benzene rings is 1. The molecule has 0 amide bonds. The molecule has 1 aromatic carbocycles. The molecule has 0 bridgehead atoms. The average Bonchev–Trinajstić information content (AvgIpc) is 2.18. The van der Waals surface area contributed by atoms with Crippen LogP contribution in [0, 0.1) is 0 Å². The zero-order valence-corrected chi connectivity index (χ0v) is 8.86. The summed E-state index contributed by atoms with van der Waals surface area (Å²) in [6, 6.07) is 7.68. The molecular formula is C10H10O4S. The maximum Gasteiger partial charge on any atom is 0.331 e. The van der Waals surface area contributed by atoms with Crippen LogP contribution in [0.5, 0.6) is 0 Å². The smallest absolute Gasteiger partial charge is 0.331 e. The number of carbonyl (C=O) groups is 1. The predicted octanol–water partition coefficient (Wildman–Crippen LogP) is 1.45. The van der Waals surface area contributed by atoms with Crippen molar-refractivity contribution < 1.29 is 18.3 Å². The number of carboxylic acid groups (broad SMARTS) is 1. The van der Waals surface area contributed by atoms with Crippen molar-refractivity contribution in [3.8, 4) is 0 Å². The summed E-state index contributed by atoms with van der Waals surface area (Å²) in [6.45, 7) is 1.24. The van der Waals surface area contributed by atoms with Crippen LogP contribution in [0.4, 0.5) is 0 Å². The first-order valence-electron chi connectivity index (χ1n) is 4.15. The van der Waals surface area contributed by atoms with Crippen molar-refractivity contribution in [2.75, 3.05) is 0 Å². The maximum absolute atomic E-state index is 11.6. The number of carboxylic acids is 1. The second-order valence-corrected chi connectivity index (χ2v) is 4.76. The molecule has 0 spiro atoms. The van der Waals surface area contributed by atoms with Crippen molar-refractivity contribution in [1.82, 2.24) is 0 Å². The monoisotopic (exact) mass is 226 g/mol. The van der Waals surface area contributed by atoms with Gasteiger partial charge in [-0.3, -0.25) is 0 Å². The summed E-state index contributed by atoms with van der Waals surface area (Å²) in [6.07, 6.45) is 0. The summed E-state index contributed by atoms with van der Waals surface area (Å²) < 4.78 is 23.2. The van der Waals surface area contributed by atoms with Gasteiger partial charge in [-0.1, -0.05) is 18.2 Å². The lowest BCUT2D eigenvalue weighted by molar-refractivity contribution is -0.132. The van der Waals surface area contributed by atoms with E-state index in [1.54, 1.807) is 18.2 Å². The van der Waals surface area contributed by atoms with Gasteiger partial charge in [-0.25, -0.2) is 13.2 Å². The number of sulfone groups is 1. The zero-order chi connectivity index (χ0) is 11.5. The molecule has 5 heteroatoms. The van der Waals surface area contributed by atoms with Crippen molar-refractivity contribution in [2.24, 2.45) is 0 Å². The maximum atomic E-state index is 11.6. The third kappa shape index (κ3) is 2.92. The van der Waals surface area contributed by atoms with E-state index >= 15 is 0 Å². The van der Waals surface area contributed by atoms with Gasteiger partial charge in [-0.05, 0) is 19.1 Å². The van der Waals surface area contributed by atoms with Gasteiger partial charge < -0.3 is 5.11 Å². The fourth-order valence-corrected chi connectivity index (χ4v) is 2.20. The van der Waals surface area contributed by atoms with Crippen LogP contribution in [0.2, 0.25) is 0 Å². The average molecular weight is 226 g/mol. The van der Waals surface area contributed by atoms with Crippen LogP contribution in [0.3, 0.4) is 0 Å².